The minimum atomic E-state index is -0.331. The molecule has 6 heteroatoms. The van der Waals surface area contributed by atoms with Gasteiger partial charge in [-0.25, -0.2) is 4.79 Å². The Morgan fingerprint density at radius 1 is 1.36 bits per heavy atom. The second-order valence-electron chi connectivity index (χ2n) is 5.80. The quantitative estimate of drug-likeness (QED) is 0.842. The zero-order valence-corrected chi connectivity index (χ0v) is 13.3. The van der Waals surface area contributed by atoms with Crippen molar-refractivity contribution in [1.82, 2.24) is 10.2 Å². The van der Waals surface area contributed by atoms with Gasteiger partial charge in [0.25, 0.3) is 0 Å². The van der Waals surface area contributed by atoms with E-state index in [1.54, 1.807) is 0 Å². The number of rotatable bonds is 3. The highest BCUT2D eigenvalue weighted by Gasteiger charge is 2.27. The molecule has 0 saturated carbocycles. The molecule has 2 aliphatic rings. The molecule has 0 spiro atoms. The number of thiophene rings is 1. The smallest absolute Gasteiger partial charge is 0.320 e. The summed E-state index contributed by atoms with van der Waals surface area (Å²) < 4.78 is 0. The maximum Gasteiger partial charge on any atom is 0.320 e. The zero-order chi connectivity index (χ0) is 15.4. The number of carbonyl (C=O) groups is 2. The van der Waals surface area contributed by atoms with E-state index in [2.05, 4.69) is 16.7 Å². The Kier molecular flexibility index (Phi) is 4.77. The first-order valence-electron chi connectivity index (χ1n) is 7.77. The summed E-state index contributed by atoms with van der Waals surface area (Å²) >= 11 is 1.45. The van der Waals surface area contributed by atoms with Crippen molar-refractivity contribution in [3.05, 3.63) is 29.2 Å². The Labute approximate surface area is 134 Å². The Morgan fingerprint density at radius 2 is 2.27 bits per heavy atom. The van der Waals surface area contributed by atoms with Crippen LogP contribution in [-0.2, 0) is 4.79 Å². The third-order valence-corrected chi connectivity index (χ3v) is 5.10. The summed E-state index contributed by atoms with van der Waals surface area (Å²) in [4.78, 5) is 25.8. The summed E-state index contributed by atoms with van der Waals surface area (Å²) in [6, 6.07) is 3.36. The molecule has 1 unspecified atom stereocenters. The lowest BCUT2D eigenvalue weighted by Gasteiger charge is -2.36. The topological polar surface area (TPSA) is 61.4 Å². The first kappa shape index (κ1) is 15.1. The third kappa shape index (κ3) is 3.68. The van der Waals surface area contributed by atoms with Gasteiger partial charge in [-0.05, 0) is 49.1 Å². The SMILES string of the molecule is O=C(NCC(=O)N1CCC2CCCC=C2C1)Nc1cccs1. The van der Waals surface area contributed by atoms with Crippen molar-refractivity contribution >= 4 is 28.3 Å². The molecule has 1 aromatic rings. The molecule has 5 nitrogen and oxygen atoms in total. The molecule has 1 atom stereocenters. The van der Waals surface area contributed by atoms with Crippen LogP contribution in [0.25, 0.3) is 0 Å². The minimum Gasteiger partial charge on any atom is -0.337 e. The predicted octanol–water partition coefficient (Wildman–Crippen LogP) is 2.83. The zero-order valence-electron chi connectivity index (χ0n) is 12.5. The lowest BCUT2D eigenvalue weighted by molar-refractivity contribution is -0.130. The van der Waals surface area contributed by atoms with E-state index in [1.807, 2.05) is 22.4 Å². The molecule has 3 rings (SSSR count). The van der Waals surface area contributed by atoms with Crippen LogP contribution in [-0.4, -0.2) is 36.5 Å². The fourth-order valence-electron chi connectivity index (χ4n) is 3.12. The summed E-state index contributed by atoms with van der Waals surface area (Å²) in [7, 11) is 0. The number of allylic oxidation sites excluding steroid dienone is 1. The first-order chi connectivity index (χ1) is 10.7. The minimum absolute atomic E-state index is 0.00810. The van der Waals surface area contributed by atoms with E-state index in [1.165, 1.54) is 29.8 Å². The number of likely N-dealkylation sites (tertiary alicyclic amines) is 1. The lowest BCUT2D eigenvalue weighted by atomic mass is 9.82. The van der Waals surface area contributed by atoms with Crippen molar-refractivity contribution in [1.29, 1.82) is 0 Å². The molecule has 1 saturated heterocycles. The Balaban J connectivity index is 1.46. The van der Waals surface area contributed by atoms with E-state index in [4.69, 9.17) is 0 Å². The van der Waals surface area contributed by atoms with Crippen molar-refractivity contribution in [2.45, 2.75) is 25.7 Å². The van der Waals surface area contributed by atoms with Gasteiger partial charge in [0.05, 0.1) is 11.5 Å². The van der Waals surface area contributed by atoms with Crippen molar-refractivity contribution in [3.8, 4) is 0 Å². The highest BCUT2D eigenvalue weighted by Crippen LogP contribution is 2.31. The molecule has 2 N–H and O–H groups in total. The molecule has 0 radical (unpaired) electrons. The van der Waals surface area contributed by atoms with Crippen LogP contribution in [0, 0.1) is 5.92 Å². The standard InChI is InChI=1S/C16H21N3O2S/c20-15(10-17-16(21)18-14-6-3-9-22-14)19-8-7-12-4-1-2-5-13(12)11-19/h3,5-6,9,12H,1-2,4,7-8,10-11H2,(H2,17,18,21). The van der Waals surface area contributed by atoms with Gasteiger partial charge >= 0.3 is 6.03 Å². The molecule has 0 aromatic carbocycles. The van der Waals surface area contributed by atoms with Gasteiger partial charge < -0.3 is 10.2 Å². The van der Waals surface area contributed by atoms with Crippen LogP contribution in [0.3, 0.4) is 0 Å². The molecule has 0 bridgehead atoms. The number of nitrogens with zero attached hydrogens (tertiary/aromatic N) is 1. The van der Waals surface area contributed by atoms with Crippen molar-refractivity contribution < 1.29 is 9.59 Å². The third-order valence-electron chi connectivity index (χ3n) is 4.32. The number of carbonyl (C=O) groups excluding carboxylic acids is 2. The molecule has 118 valence electrons. The van der Waals surface area contributed by atoms with E-state index in [-0.39, 0.29) is 18.5 Å². The van der Waals surface area contributed by atoms with Crippen LogP contribution in [0.5, 0.6) is 0 Å². The largest absolute Gasteiger partial charge is 0.337 e. The van der Waals surface area contributed by atoms with Crippen molar-refractivity contribution in [2.24, 2.45) is 5.92 Å². The van der Waals surface area contributed by atoms with Gasteiger partial charge in [0.15, 0.2) is 0 Å². The van der Waals surface area contributed by atoms with E-state index >= 15 is 0 Å². The van der Waals surface area contributed by atoms with Crippen LogP contribution in [0.1, 0.15) is 25.7 Å². The molecule has 22 heavy (non-hydrogen) atoms. The van der Waals surface area contributed by atoms with Crippen molar-refractivity contribution in [2.75, 3.05) is 25.0 Å². The second-order valence-corrected chi connectivity index (χ2v) is 6.74. The van der Waals surface area contributed by atoms with Gasteiger partial charge in [-0.3, -0.25) is 10.1 Å². The molecule has 3 amide bonds. The van der Waals surface area contributed by atoms with Crippen LogP contribution >= 0.6 is 11.3 Å². The highest BCUT2D eigenvalue weighted by atomic mass is 32.1. The van der Waals surface area contributed by atoms with Gasteiger partial charge in [0.1, 0.15) is 0 Å². The number of hydrogen-bond donors (Lipinski definition) is 2. The molecular weight excluding hydrogens is 298 g/mol. The van der Waals surface area contributed by atoms with Gasteiger partial charge in [0.2, 0.25) is 5.91 Å². The van der Waals surface area contributed by atoms with Crippen LogP contribution in [0.2, 0.25) is 0 Å². The molecule has 1 fully saturated rings. The summed E-state index contributed by atoms with van der Waals surface area (Å²) in [6.07, 6.45) is 7.01. The van der Waals surface area contributed by atoms with Crippen molar-refractivity contribution in [3.63, 3.8) is 0 Å². The number of nitrogens with one attached hydrogen (secondary N) is 2. The predicted molar refractivity (Wildman–Crippen MR) is 88.0 cm³/mol. The summed E-state index contributed by atoms with van der Waals surface area (Å²) in [5.41, 5.74) is 1.41. The van der Waals surface area contributed by atoms with E-state index in [9.17, 15) is 9.59 Å². The normalized spacial score (nSPS) is 20.8. The van der Waals surface area contributed by atoms with Crippen LogP contribution < -0.4 is 10.6 Å². The average molecular weight is 319 g/mol. The van der Waals surface area contributed by atoms with E-state index in [0.29, 0.717) is 5.92 Å². The number of fused-ring (bicyclic) bond motifs is 1. The van der Waals surface area contributed by atoms with Gasteiger partial charge in [-0.15, -0.1) is 11.3 Å². The van der Waals surface area contributed by atoms with E-state index < -0.39 is 0 Å². The fourth-order valence-corrected chi connectivity index (χ4v) is 3.74. The fraction of sp³-hybridized carbons (Fsp3) is 0.500. The summed E-state index contributed by atoms with van der Waals surface area (Å²) in [5.74, 6) is 0.666. The molecule has 2 heterocycles. The van der Waals surface area contributed by atoms with Crippen LogP contribution in [0.4, 0.5) is 9.80 Å². The molecular formula is C16H21N3O2S. The molecule has 1 aromatic heterocycles. The molecule has 1 aliphatic heterocycles. The number of piperidine rings is 1. The van der Waals surface area contributed by atoms with Crippen LogP contribution in [0.15, 0.2) is 29.2 Å². The monoisotopic (exact) mass is 319 g/mol. The number of amides is 3. The molecule has 1 aliphatic carbocycles. The number of anilines is 1. The number of hydrogen-bond acceptors (Lipinski definition) is 3. The maximum atomic E-state index is 12.2. The van der Waals surface area contributed by atoms with Gasteiger partial charge in [0, 0.05) is 13.1 Å². The maximum absolute atomic E-state index is 12.2. The Morgan fingerprint density at radius 3 is 3.09 bits per heavy atom. The van der Waals surface area contributed by atoms with Gasteiger partial charge in [-0.2, -0.15) is 0 Å². The number of urea groups is 1. The van der Waals surface area contributed by atoms with Gasteiger partial charge in [-0.1, -0.05) is 11.6 Å². The lowest BCUT2D eigenvalue weighted by Crippen LogP contribution is -2.45. The Hall–Kier alpha value is -1.82. The highest BCUT2D eigenvalue weighted by molar-refractivity contribution is 7.14. The first-order valence-corrected chi connectivity index (χ1v) is 8.65. The Bertz CT molecular complexity index is 568. The summed E-state index contributed by atoms with van der Waals surface area (Å²) in [6.45, 7) is 1.59. The average Bonchev–Trinajstić information content (AvgIpc) is 3.05. The second kappa shape index (κ2) is 6.96. The van der Waals surface area contributed by atoms with E-state index in [0.717, 1.165) is 30.9 Å². The summed E-state index contributed by atoms with van der Waals surface area (Å²) in [5, 5.41) is 8.02.